The summed E-state index contributed by atoms with van der Waals surface area (Å²) in [7, 11) is 0. The lowest BCUT2D eigenvalue weighted by molar-refractivity contribution is -0.121. The van der Waals surface area contributed by atoms with Gasteiger partial charge >= 0.3 is 0 Å². The molecule has 0 saturated carbocycles. The summed E-state index contributed by atoms with van der Waals surface area (Å²) >= 11 is 1.49. The van der Waals surface area contributed by atoms with Gasteiger partial charge in [0.1, 0.15) is 22.7 Å². The summed E-state index contributed by atoms with van der Waals surface area (Å²) in [4.78, 5) is 28.0. The number of carbonyl (C=O) groups excluding carboxylic acids is 2. The number of thiophene rings is 1. The van der Waals surface area contributed by atoms with Crippen molar-refractivity contribution in [1.82, 2.24) is 4.90 Å². The zero-order valence-corrected chi connectivity index (χ0v) is 17.2. The quantitative estimate of drug-likeness (QED) is 0.792. The van der Waals surface area contributed by atoms with Crippen LogP contribution in [0.25, 0.3) is 0 Å². The van der Waals surface area contributed by atoms with Crippen molar-refractivity contribution in [3.63, 3.8) is 0 Å². The fraction of sp³-hybridized carbons (Fsp3) is 0.409. The van der Waals surface area contributed by atoms with Crippen LogP contribution in [-0.4, -0.2) is 29.8 Å². The highest BCUT2D eigenvalue weighted by Crippen LogP contribution is 2.38. The Morgan fingerprint density at radius 2 is 1.90 bits per heavy atom. The van der Waals surface area contributed by atoms with E-state index >= 15 is 0 Å². The first-order valence-corrected chi connectivity index (χ1v) is 10.9. The molecule has 5 nitrogen and oxygen atoms in total. The summed E-state index contributed by atoms with van der Waals surface area (Å²) < 4.78 is 27.0. The summed E-state index contributed by atoms with van der Waals surface area (Å²) in [6.07, 6.45) is 4.90. The second-order valence-corrected chi connectivity index (χ2v) is 8.81. The van der Waals surface area contributed by atoms with Crippen LogP contribution in [0.2, 0.25) is 0 Å². The smallest absolute Gasteiger partial charge is 0.256 e. The molecule has 0 atom stereocenters. The van der Waals surface area contributed by atoms with E-state index in [1.165, 1.54) is 21.1 Å². The van der Waals surface area contributed by atoms with Crippen LogP contribution in [0.15, 0.2) is 18.2 Å². The number of nitrogens with zero attached hydrogens (tertiary/aromatic N) is 2. The second-order valence-electron chi connectivity index (χ2n) is 7.71. The number of aryl methyl sites for hydroxylation is 1. The van der Waals surface area contributed by atoms with Gasteiger partial charge in [0.25, 0.3) is 5.91 Å². The van der Waals surface area contributed by atoms with Crippen LogP contribution < -0.4 is 5.32 Å². The molecule has 2 aromatic rings. The predicted octanol–water partition coefficient (Wildman–Crippen LogP) is 4.27. The van der Waals surface area contributed by atoms with Gasteiger partial charge in [0.05, 0.1) is 11.1 Å². The Hall–Kier alpha value is -2.79. The lowest BCUT2D eigenvalue weighted by Crippen LogP contribution is -2.41. The van der Waals surface area contributed by atoms with Gasteiger partial charge in [-0.3, -0.25) is 9.59 Å². The fourth-order valence-corrected chi connectivity index (χ4v) is 5.41. The molecule has 156 valence electrons. The third-order valence-electron chi connectivity index (χ3n) is 5.83. The van der Waals surface area contributed by atoms with E-state index in [-0.39, 0.29) is 17.4 Å². The van der Waals surface area contributed by atoms with Gasteiger partial charge in [0.15, 0.2) is 0 Å². The van der Waals surface area contributed by atoms with E-state index in [1.54, 1.807) is 0 Å². The van der Waals surface area contributed by atoms with Gasteiger partial charge in [-0.15, -0.1) is 11.3 Å². The molecule has 2 amide bonds. The van der Waals surface area contributed by atoms with Gasteiger partial charge in [0, 0.05) is 30.0 Å². The average molecular weight is 429 g/mol. The maximum Gasteiger partial charge on any atom is 0.256 e. The number of nitrogens with one attached hydrogen (secondary N) is 1. The molecule has 1 aliphatic carbocycles. The number of carbonyl (C=O) groups is 2. The van der Waals surface area contributed by atoms with Gasteiger partial charge in [0.2, 0.25) is 5.91 Å². The van der Waals surface area contributed by atoms with Gasteiger partial charge in [-0.2, -0.15) is 5.26 Å². The monoisotopic (exact) mass is 429 g/mol. The van der Waals surface area contributed by atoms with Gasteiger partial charge in [-0.1, -0.05) is 0 Å². The van der Waals surface area contributed by atoms with Crippen molar-refractivity contribution in [2.75, 3.05) is 18.4 Å². The van der Waals surface area contributed by atoms with Crippen LogP contribution >= 0.6 is 11.3 Å². The molecule has 1 fully saturated rings. The molecule has 30 heavy (non-hydrogen) atoms. The maximum atomic E-state index is 13.9. The standard InChI is InChI=1S/C22H21F2N3O2S/c23-14-5-6-16(18(24)11-14)22(29)27-9-7-13(8-10-27)20(28)26-21-17(12-25)15-3-1-2-4-19(15)30-21/h5-6,11,13H,1-4,7-10H2,(H,26,28). The van der Waals surface area contributed by atoms with E-state index in [1.807, 2.05) is 0 Å². The van der Waals surface area contributed by atoms with Crippen molar-refractivity contribution in [3.05, 3.63) is 51.4 Å². The average Bonchev–Trinajstić information content (AvgIpc) is 3.10. The number of piperidine rings is 1. The van der Waals surface area contributed by atoms with Gasteiger partial charge in [-0.25, -0.2) is 8.78 Å². The molecule has 1 N–H and O–H groups in total. The first-order chi connectivity index (χ1) is 14.5. The molecule has 0 radical (unpaired) electrons. The third-order valence-corrected chi connectivity index (χ3v) is 7.04. The molecule has 1 aliphatic heterocycles. The Morgan fingerprint density at radius 1 is 1.17 bits per heavy atom. The molecule has 0 unspecified atom stereocenters. The predicted molar refractivity (Wildman–Crippen MR) is 109 cm³/mol. The van der Waals surface area contributed by atoms with Crippen molar-refractivity contribution in [2.45, 2.75) is 38.5 Å². The van der Waals surface area contributed by atoms with Crippen LogP contribution in [0, 0.1) is 28.9 Å². The Labute approximate surface area is 177 Å². The lowest BCUT2D eigenvalue weighted by atomic mass is 9.94. The highest BCUT2D eigenvalue weighted by molar-refractivity contribution is 7.16. The Bertz CT molecular complexity index is 1040. The first-order valence-electron chi connectivity index (χ1n) is 10.1. The number of fused-ring (bicyclic) bond motifs is 1. The first kappa shape index (κ1) is 20.5. The molecule has 1 saturated heterocycles. The zero-order chi connectivity index (χ0) is 21.3. The maximum absolute atomic E-state index is 13.9. The van der Waals surface area contributed by atoms with E-state index in [9.17, 15) is 23.6 Å². The van der Waals surface area contributed by atoms with E-state index in [0.717, 1.165) is 43.4 Å². The molecule has 0 bridgehead atoms. The second kappa shape index (κ2) is 8.52. The number of amides is 2. The van der Waals surface area contributed by atoms with Crippen molar-refractivity contribution in [3.8, 4) is 6.07 Å². The Kier molecular flexibility index (Phi) is 5.82. The minimum absolute atomic E-state index is 0.148. The van der Waals surface area contributed by atoms with E-state index < -0.39 is 17.5 Å². The molecule has 2 heterocycles. The molecular formula is C22H21F2N3O2S. The van der Waals surface area contributed by atoms with Crippen molar-refractivity contribution in [2.24, 2.45) is 5.92 Å². The molecule has 1 aromatic heterocycles. The number of halogens is 2. The summed E-state index contributed by atoms with van der Waals surface area (Å²) in [5.74, 6) is -2.54. The summed E-state index contributed by atoms with van der Waals surface area (Å²) in [6.45, 7) is 0.638. The fourth-order valence-electron chi connectivity index (χ4n) is 4.16. The number of anilines is 1. The highest BCUT2D eigenvalue weighted by atomic mass is 32.1. The minimum atomic E-state index is -0.884. The van der Waals surface area contributed by atoms with E-state index in [0.29, 0.717) is 42.6 Å². The van der Waals surface area contributed by atoms with Crippen LogP contribution in [0.4, 0.5) is 13.8 Å². The topological polar surface area (TPSA) is 73.2 Å². The highest BCUT2D eigenvalue weighted by Gasteiger charge is 2.30. The number of hydrogen-bond acceptors (Lipinski definition) is 4. The molecule has 4 rings (SSSR count). The lowest BCUT2D eigenvalue weighted by Gasteiger charge is -2.31. The number of likely N-dealkylation sites (tertiary alicyclic amines) is 1. The van der Waals surface area contributed by atoms with Gasteiger partial charge in [-0.05, 0) is 56.2 Å². The minimum Gasteiger partial charge on any atom is -0.339 e. The third kappa shape index (κ3) is 3.94. The Morgan fingerprint density at radius 3 is 2.60 bits per heavy atom. The SMILES string of the molecule is N#Cc1c(NC(=O)C2CCN(C(=O)c3ccc(F)cc3F)CC2)sc2c1CCCC2. The van der Waals surface area contributed by atoms with Crippen molar-refractivity contribution < 1.29 is 18.4 Å². The van der Waals surface area contributed by atoms with Crippen LogP contribution in [0.1, 0.15) is 52.0 Å². The molecule has 1 aromatic carbocycles. The van der Waals surface area contributed by atoms with Crippen molar-refractivity contribution >= 4 is 28.2 Å². The van der Waals surface area contributed by atoms with Crippen LogP contribution in [0.5, 0.6) is 0 Å². The summed E-state index contributed by atoms with van der Waals surface area (Å²) in [5, 5.41) is 13.1. The Balaban J connectivity index is 1.39. The normalized spacial score (nSPS) is 16.6. The van der Waals surface area contributed by atoms with Crippen LogP contribution in [-0.2, 0) is 17.6 Å². The molecule has 2 aliphatic rings. The number of nitriles is 1. The molecule has 0 spiro atoms. The molecule has 8 heteroatoms. The molecular weight excluding hydrogens is 408 g/mol. The van der Waals surface area contributed by atoms with E-state index in [2.05, 4.69) is 11.4 Å². The zero-order valence-electron chi connectivity index (χ0n) is 16.3. The summed E-state index contributed by atoms with van der Waals surface area (Å²) in [5.41, 5.74) is 1.50. The number of benzene rings is 1. The van der Waals surface area contributed by atoms with Gasteiger partial charge < -0.3 is 10.2 Å². The number of hydrogen-bond donors (Lipinski definition) is 1. The van der Waals surface area contributed by atoms with Crippen LogP contribution in [0.3, 0.4) is 0 Å². The summed E-state index contributed by atoms with van der Waals surface area (Å²) in [6, 6.07) is 5.14. The largest absolute Gasteiger partial charge is 0.339 e. The van der Waals surface area contributed by atoms with E-state index in [4.69, 9.17) is 0 Å². The number of rotatable bonds is 3. The van der Waals surface area contributed by atoms with Crippen molar-refractivity contribution in [1.29, 1.82) is 5.26 Å².